The first kappa shape index (κ1) is 31.2. The number of unbranched alkanes of at least 4 members (excludes halogenated alkanes) is 2. The first-order valence-electron chi connectivity index (χ1n) is 15.6. The van der Waals surface area contributed by atoms with Crippen LogP contribution in [-0.2, 0) is 25.7 Å². The van der Waals surface area contributed by atoms with Gasteiger partial charge in [0.25, 0.3) is 0 Å². The van der Waals surface area contributed by atoms with E-state index in [1.165, 1.54) is 18.2 Å². The predicted molar refractivity (Wildman–Crippen MR) is 155 cm³/mol. The Bertz CT molecular complexity index is 1520. The van der Waals surface area contributed by atoms with Crippen molar-refractivity contribution in [2.24, 2.45) is 5.92 Å². The summed E-state index contributed by atoms with van der Waals surface area (Å²) in [4.78, 5) is 0. The number of halogens is 6. The molecule has 0 heterocycles. The lowest BCUT2D eigenvalue weighted by atomic mass is 9.73. The predicted octanol–water partition coefficient (Wildman–Crippen LogP) is 10.3. The molecule has 1 nitrogen and oxygen atoms in total. The zero-order valence-electron chi connectivity index (χ0n) is 24.5. The lowest BCUT2D eigenvalue weighted by Crippen LogP contribution is -2.21. The average Bonchev–Trinajstić information content (AvgIpc) is 3.00. The Labute approximate surface area is 249 Å². The largest absolute Gasteiger partial charge is 0.207 e. The zero-order chi connectivity index (χ0) is 30.7. The molecule has 0 aliphatic heterocycles. The average molecular weight is 598 g/mol. The van der Waals surface area contributed by atoms with Crippen LogP contribution in [0.3, 0.4) is 0 Å². The summed E-state index contributed by atoms with van der Waals surface area (Å²) in [6.45, 7) is 2.06. The Morgan fingerprint density at radius 3 is 2.09 bits per heavy atom. The highest BCUT2D eigenvalue weighted by atomic mass is 19.2. The molecule has 7 heteroatoms. The summed E-state index contributed by atoms with van der Waals surface area (Å²) >= 11 is 0. The van der Waals surface area contributed by atoms with Crippen LogP contribution in [0.15, 0.2) is 30.3 Å². The molecule has 0 N–H and O–H groups in total. The maximum absolute atomic E-state index is 15.8. The Morgan fingerprint density at radius 2 is 1.42 bits per heavy atom. The summed E-state index contributed by atoms with van der Waals surface area (Å²) in [7, 11) is 0. The van der Waals surface area contributed by atoms with Crippen LogP contribution in [0.1, 0.15) is 115 Å². The van der Waals surface area contributed by atoms with E-state index in [4.69, 9.17) is 5.26 Å². The molecular formula is C36H37F6N. The molecule has 0 spiro atoms. The molecule has 3 aromatic rings. The molecule has 1 fully saturated rings. The third-order valence-electron chi connectivity index (χ3n) is 9.68. The van der Waals surface area contributed by atoms with Crippen LogP contribution >= 0.6 is 0 Å². The highest BCUT2D eigenvalue weighted by Gasteiger charge is 2.33. The summed E-state index contributed by atoms with van der Waals surface area (Å²) < 4.78 is 89.3. The molecule has 0 bridgehead atoms. The number of aryl methyl sites for hydroxylation is 2. The van der Waals surface area contributed by atoms with Crippen molar-refractivity contribution in [2.45, 2.75) is 102 Å². The number of hydrogen-bond acceptors (Lipinski definition) is 1. The number of hydrogen-bond donors (Lipinski definition) is 0. The zero-order valence-corrected chi connectivity index (χ0v) is 24.5. The third kappa shape index (κ3) is 6.49. The highest BCUT2D eigenvalue weighted by molar-refractivity contribution is 5.40. The fraction of sp³-hybridized carbons (Fsp3) is 0.472. The van der Waals surface area contributed by atoms with Crippen molar-refractivity contribution in [2.75, 3.05) is 0 Å². The number of benzene rings is 3. The Balaban J connectivity index is 1.22. The van der Waals surface area contributed by atoms with Gasteiger partial charge in [-0.3, -0.25) is 0 Å². The van der Waals surface area contributed by atoms with E-state index in [9.17, 15) is 17.6 Å². The fourth-order valence-corrected chi connectivity index (χ4v) is 7.16. The molecule has 1 saturated carbocycles. The van der Waals surface area contributed by atoms with E-state index in [1.807, 2.05) is 0 Å². The van der Waals surface area contributed by atoms with Crippen molar-refractivity contribution >= 4 is 0 Å². The van der Waals surface area contributed by atoms with E-state index >= 15 is 8.78 Å². The molecule has 1 unspecified atom stereocenters. The van der Waals surface area contributed by atoms with E-state index in [-0.39, 0.29) is 34.4 Å². The van der Waals surface area contributed by atoms with E-state index < -0.39 is 34.9 Å². The van der Waals surface area contributed by atoms with E-state index in [0.717, 1.165) is 19.3 Å². The van der Waals surface area contributed by atoms with Gasteiger partial charge in [0, 0.05) is 5.56 Å². The monoisotopic (exact) mass is 597 g/mol. The molecule has 0 radical (unpaired) electrons. The second kappa shape index (κ2) is 13.6. The van der Waals surface area contributed by atoms with Crippen molar-refractivity contribution in [3.05, 3.63) is 104 Å². The van der Waals surface area contributed by atoms with Crippen molar-refractivity contribution < 1.29 is 26.3 Å². The van der Waals surface area contributed by atoms with Crippen LogP contribution in [-0.4, -0.2) is 0 Å². The molecule has 0 amide bonds. The molecular weight excluding hydrogens is 560 g/mol. The van der Waals surface area contributed by atoms with Crippen LogP contribution in [0.25, 0.3) is 0 Å². The van der Waals surface area contributed by atoms with Gasteiger partial charge >= 0.3 is 0 Å². The molecule has 2 aliphatic carbocycles. The Kier molecular flexibility index (Phi) is 9.84. The normalized spacial score (nSPS) is 20.1. The molecule has 2 aliphatic rings. The van der Waals surface area contributed by atoms with Gasteiger partial charge in [-0.25, -0.2) is 26.3 Å². The number of rotatable bonds is 9. The number of nitriles is 1. The van der Waals surface area contributed by atoms with Crippen LogP contribution in [0.5, 0.6) is 0 Å². The van der Waals surface area contributed by atoms with Gasteiger partial charge in [-0.2, -0.15) is 5.26 Å². The van der Waals surface area contributed by atoms with Gasteiger partial charge in [-0.1, -0.05) is 38.0 Å². The topological polar surface area (TPSA) is 23.8 Å². The fourth-order valence-electron chi connectivity index (χ4n) is 7.16. The molecule has 43 heavy (non-hydrogen) atoms. The third-order valence-corrected chi connectivity index (χ3v) is 9.68. The number of nitrogens with zero attached hydrogens (tertiary/aromatic N) is 1. The summed E-state index contributed by atoms with van der Waals surface area (Å²) in [6, 6.07) is 9.13. The second-order valence-electron chi connectivity index (χ2n) is 12.3. The maximum atomic E-state index is 15.8. The SMILES string of the molecule is CCCCCc1ccc(CCC2CCc3c(cc(F)c(C4CCC(c5ccc(C#N)c(F)c5F)CC4)c3F)C2)c(F)c1F. The molecule has 1 atom stereocenters. The van der Waals surface area contributed by atoms with E-state index in [1.54, 1.807) is 18.2 Å². The smallest absolute Gasteiger partial charge is 0.176 e. The van der Waals surface area contributed by atoms with Crippen LogP contribution in [0.4, 0.5) is 26.3 Å². The first-order valence-corrected chi connectivity index (χ1v) is 15.6. The maximum Gasteiger partial charge on any atom is 0.176 e. The summed E-state index contributed by atoms with van der Waals surface area (Å²) in [5.74, 6) is -5.32. The highest BCUT2D eigenvalue weighted by Crippen LogP contribution is 2.44. The Hall–Kier alpha value is -3.27. The van der Waals surface area contributed by atoms with Crippen molar-refractivity contribution in [3.63, 3.8) is 0 Å². The van der Waals surface area contributed by atoms with Crippen LogP contribution in [0, 0.1) is 52.2 Å². The lowest BCUT2D eigenvalue weighted by molar-refractivity contribution is 0.360. The minimum absolute atomic E-state index is 0.0821. The van der Waals surface area contributed by atoms with Gasteiger partial charge < -0.3 is 0 Å². The van der Waals surface area contributed by atoms with Gasteiger partial charge in [0.05, 0.1) is 5.56 Å². The minimum Gasteiger partial charge on any atom is -0.207 e. The molecule has 228 valence electrons. The standard InChI is InChI=1S/C36H37F6N/c1-2-3-4-5-24-13-14-25(33(39)32(24)38)8-6-21-7-16-29-27(18-21)19-30(37)31(35(29)41)23-11-9-22(10-12-23)28-17-15-26(20-43)34(40)36(28)42/h13-15,17,19,21-23H,2-12,16,18H2,1H3. The van der Waals surface area contributed by atoms with Gasteiger partial charge in [0.2, 0.25) is 0 Å². The van der Waals surface area contributed by atoms with Gasteiger partial charge in [-0.05, 0) is 128 Å². The van der Waals surface area contributed by atoms with E-state index in [2.05, 4.69) is 6.92 Å². The van der Waals surface area contributed by atoms with Gasteiger partial charge in [0.1, 0.15) is 17.7 Å². The second-order valence-corrected chi connectivity index (χ2v) is 12.3. The summed E-state index contributed by atoms with van der Waals surface area (Å²) in [6.07, 6.45) is 7.73. The lowest BCUT2D eigenvalue weighted by Gasteiger charge is -2.32. The number of fused-ring (bicyclic) bond motifs is 1. The molecule has 3 aromatic carbocycles. The molecule has 0 saturated heterocycles. The van der Waals surface area contributed by atoms with Gasteiger partial charge in [0.15, 0.2) is 23.3 Å². The summed E-state index contributed by atoms with van der Waals surface area (Å²) in [5, 5.41) is 8.93. The van der Waals surface area contributed by atoms with Crippen molar-refractivity contribution in [1.29, 1.82) is 5.26 Å². The van der Waals surface area contributed by atoms with Crippen molar-refractivity contribution in [3.8, 4) is 6.07 Å². The summed E-state index contributed by atoms with van der Waals surface area (Å²) in [5.41, 5.74) is 1.86. The van der Waals surface area contributed by atoms with E-state index in [0.29, 0.717) is 86.5 Å². The van der Waals surface area contributed by atoms with Crippen molar-refractivity contribution in [1.82, 2.24) is 0 Å². The minimum atomic E-state index is -1.15. The Morgan fingerprint density at radius 1 is 0.744 bits per heavy atom. The molecule has 0 aromatic heterocycles. The first-order chi connectivity index (χ1) is 20.7. The van der Waals surface area contributed by atoms with Crippen LogP contribution < -0.4 is 0 Å². The van der Waals surface area contributed by atoms with Crippen LogP contribution in [0.2, 0.25) is 0 Å². The quantitative estimate of drug-likeness (QED) is 0.178. The van der Waals surface area contributed by atoms with Gasteiger partial charge in [-0.15, -0.1) is 0 Å². The molecule has 5 rings (SSSR count).